The fourth-order valence-corrected chi connectivity index (χ4v) is 5.87. The van der Waals surface area contributed by atoms with Gasteiger partial charge in [-0.1, -0.05) is 86.8 Å². The molecule has 7 nitrogen and oxygen atoms in total. The van der Waals surface area contributed by atoms with Gasteiger partial charge in [0.1, 0.15) is 11.6 Å². The van der Waals surface area contributed by atoms with Gasteiger partial charge in [0.2, 0.25) is 5.91 Å². The third kappa shape index (κ3) is 9.60. The van der Waals surface area contributed by atoms with Crippen LogP contribution in [0.2, 0.25) is 0 Å². The summed E-state index contributed by atoms with van der Waals surface area (Å²) < 4.78 is 5.43. The van der Waals surface area contributed by atoms with Crippen LogP contribution in [0.4, 0.5) is 4.79 Å². The Morgan fingerprint density at radius 3 is 2.05 bits per heavy atom. The van der Waals surface area contributed by atoms with Gasteiger partial charge in [-0.15, -0.1) is 0 Å². The van der Waals surface area contributed by atoms with Gasteiger partial charge in [0, 0.05) is 24.4 Å². The molecule has 0 aromatic heterocycles. The molecule has 0 aromatic rings. The molecule has 1 rings (SSSR count). The molecule has 7 heteroatoms. The summed E-state index contributed by atoms with van der Waals surface area (Å²) in [5, 5.41) is 12.8. The van der Waals surface area contributed by atoms with Gasteiger partial charge in [0.05, 0.1) is 0 Å². The Bertz CT molecular complexity index is 846. The highest BCUT2D eigenvalue weighted by atomic mass is 16.6. The van der Waals surface area contributed by atoms with Crippen molar-refractivity contribution in [3.05, 3.63) is 12.2 Å². The van der Waals surface area contributed by atoms with E-state index in [1.807, 2.05) is 6.92 Å². The number of rotatable bonds is 13. The van der Waals surface area contributed by atoms with Crippen molar-refractivity contribution in [1.29, 1.82) is 0 Å². The first-order valence-corrected chi connectivity index (χ1v) is 14.6. The number of nitrogens with one attached hydrogen (secondary N) is 1. The summed E-state index contributed by atoms with van der Waals surface area (Å²) in [6.07, 6.45) is 9.80. The number of hydrogen-bond donors (Lipinski definition) is 2. The molecular weight excluding hydrogens is 480 g/mol. The molecule has 220 valence electrons. The third-order valence-corrected chi connectivity index (χ3v) is 8.19. The average molecular weight is 537 g/mol. The Hall–Kier alpha value is -2.05. The van der Waals surface area contributed by atoms with E-state index in [4.69, 9.17) is 4.74 Å². The number of carbonyl (C=O) groups is 3. The van der Waals surface area contributed by atoms with E-state index in [-0.39, 0.29) is 29.7 Å². The molecule has 1 aliphatic heterocycles. The van der Waals surface area contributed by atoms with Gasteiger partial charge in [-0.05, 0) is 56.8 Å². The van der Waals surface area contributed by atoms with Gasteiger partial charge >= 0.3 is 12.1 Å². The number of nitrogens with zero attached hydrogens (tertiary/aromatic N) is 1. The van der Waals surface area contributed by atoms with Gasteiger partial charge in [-0.3, -0.25) is 9.69 Å². The van der Waals surface area contributed by atoms with Gasteiger partial charge in [-0.25, -0.2) is 9.59 Å². The maximum atomic E-state index is 13.7. The van der Waals surface area contributed by atoms with E-state index in [1.54, 1.807) is 20.8 Å². The smallest absolute Gasteiger partial charge is 0.411 e. The Labute approximate surface area is 232 Å². The molecular formula is C31H56N2O5. The minimum absolute atomic E-state index is 0.0840. The predicted octanol–water partition coefficient (Wildman–Crippen LogP) is 7.20. The van der Waals surface area contributed by atoms with Crippen molar-refractivity contribution in [3.8, 4) is 0 Å². The van der Waals surface area contributed by atoms with E-state index in [9.17, 15) is 19.5 Å². The number of amides is 2. The maximum absolute atomic E-state index is 13.7. The molecule has 0 spiro atoms. The van der Waals surface area contributed by atoms with Crippen LogP contribution in [0.25, 0.3) is 0 Å². The second-order valence-corrected chi connectivity index (χ2v) is 13.8. The summed E-state index contributed by atoms with van der Waals surface area (Å²) in [4.78, 5) is 39.5. The van der Waals surface area contributed by atoms with Crippen LogP contribution in [0, 0.1) is 22.2 Å². The molecule has 2 amide bonds. The van der Waals surface area contributed by atoms with E-state index in [2.05, 4.69) is 65.9 Å². The minimum atomic E-state index is -1.09. The average Bonchev–Trinajstić information content (AvgIpc) is 3.20. The number of carboxylic acid groups (broad SMARTS) is 1. The maximum Gasteiger partial charge on any atom is 0.411 e. The van der Waals surface area contributed by atoms with Crippen molar-refractivity contribution in [2.45, 2.75) is 139 Å². The van der Waals surface area contributed by atoms with E-state index in [1.165, 1.54) is 4.90 Å². The lowest BCUT2D eigenvalue weighted by Gasteiger charge is -2.37. The van der Waals surface area contributed by atoms with Crippen LogP contribution in [0.15, 0.2) is 12.2 Å². The number of aliphatic carboxylic acids is 1. The standard InChI is InChI=1S/C31H56N2O5/c1-12-15-30(10,22(4)14-3)18-17-29(8,9)21-31(11,16-13-2)26(36)32-23-19-24(25(34)35)33(20-23)27(37)38-28(5,6)7/h17-18,22-24H,12-16,19-21H2,1-11H3,(H,32,36)(H,34,35). The van der Waals surface area contributed by atoms with Gasteiger partial charge in [-0.2, -0.15) is 0 Å². The first-order valence-electron chi connectivity index (χ1n) is 14.6. The SMILES string of the molecule is CCCC(C)(CC(C)(C)C=CC(C)(CCC)C(C)CC)C(=O)NC1CC(C(=O)O)N(C(=O)OC(C)(C)C)C1. The highest BCUT2D eigenvalue weighted by molar-refractivity contribution is 5.84. The summed E-state index contributed by atoms with van der Waals surface area (Å²) >= 11 is 0. The first-order chi connectivity index (χ1) is 17.3. The summed E-state index contributed by atoms with van der Waals surface area (Å²) in [7, 11) is 0. The van der Waals surface area contributed by atoms with Crippen LogP contribution in [-0.2, 0) is 14.3 Å². The Kier molecular flexibility index (Phi) is 11.9. The van der Waals surface area contributed by atoms with Crippen molar-refractivity contribution in [3.63, 3.8) is 0 Å². The molecule has 5 unspecified atom stereocenters. The van der Waals surface area contributed by atoms with Crippen LogP contribution in [0.3, 0.4) is 0 Å². The second-order valence-electron chi connectivity index (χ2n) is 13.8. The Balaban J connectivity index is 3.09. The van der Waals surface area contributed by atoms with Crippen LogP contribution in [0.1, 0.15) is 121 Å². The summed E-state index contributed by atoms with van der Waals surface area (Å²) in [5.74, 6) is -0.608. The van der Waals surface area contributed by atoms with E-state index >= 15 is 0 Å². The number of likely N-dealkylation sites (tertiary alicyclic amines) is 1. The van der Waals surface area contributed by atoms with E-state index < -0.39 is 35.2 Å². The van der Waals surface area contributed by atoms with Gasteiger partial charge in [0.25, 0.3) is 0 Å². The second kappa shape index (κ2) is 13.3. The zero-order chi connectivity index (χ0) is 29.5. The summed E-state index contributed by atoms with van der Waals surface area (Å²) in [6, 6.07) is -1.46. The molecule has 0 saturated carbocycles. The topological polar surface area (TPSA) is 95.9 Å². The van der Waals surface area contributed by atoms with Crippen LogP contribution in [-0.4, -0.2) is 52.2 Å². The highest BCUT2D eigenvalue weighted by Gasteiger charge is 2.44. The monoisotopic (exact) mass is 536 g/mol. The fourth-order valence-electron chi connectivity index (χ4n) is 5.87. The molecule has 1 aliphatic rings. The molecule has 0 aromatic carbocycles. The molecule has 0 aliphatic carbocycles. The van der Waals surface area contributed by atoms with Gasteiger partial charge < -0.3 is 15.2 Å². The largest absolute Gasteiger partial charge is 0.480 e. The number of hydrogen-bond acceptors (Lipinski definition) is 4. The molecule has 0 bridgehead atoms. The van der Waals surface area contributed by atoms with E-state index in [0.29, 0.717) is 12.3 Å². The molecule has 2 N–H and O–H groups in total. The fraction of sp³-hybridized carbons (Fsp3) is 0.839. The van der Waals surface area contributed by atoms with Crippen LogP contribution >= 0.6 is 0 Å². The van der Waals surface area contributed by atoms with Crippen molar-refractivity contribution in [1.82, 2.24) is 10.2 Å². The predicted molar refractivity (Wildman–Crippen MR) is 154 cm³/mol. The Morgan fingerprint density at radius 1 is 1.00 bits per heavy atom. The summed E-state index contributed by atoms with van der Waals surface area (Å²) in [6.45, 7) is 22.9. The molecule has 1 saturated heterocycles. The van der Waals surface area contributed by atoms with Gasteiger partial charge in [0.15, 0.2) is 0 Å². The molecule has 38 heavy (non-hydrogen) atoms. The molecule has 1 heterocycles. The minimum Gasteiger partial charge on any atom is -0.480 e. The lowest BCUT2D eigenvalue weighted by atomic mass is 9.68. The molecule has 0 radical (unpaired) electrons. The third-order valence-electron chi connectivity index (χ3n) is 8.19. The zero-order valence-electron chi connectivity index (χ0n) is 26.1. The number of ether oxygens (including phenoxy) is 1. The normalized spacial score (nSPS) is 22.6. The Morgan fingerprint density at radius 2 is 1.58 bits per heavy atom. The van der Waals surface area contributed by atoms with Crippen molar-refractivity contribution >= 4 is 18.0 Å². The number of allylic oxidation sites excluding steroid dienone is 2. The first kappa shape index (κ1) is 34.0. The molecule has 5 atom stereocenters. The highest BCUT2D eigenvalue weighted by Crippen LogP contribution is 2.42. The van der Waals surface area contributed by atoms with Crippen LogP contribution < -0.4 is 5.32 Å². The van der Waals surface area contributed by atoms with Crippen molar-refractivity contribution in [2.24, 2.45) is 22.2 Å². The lowest BCUT2D eigenvalue weighted by Crippen LogP contribution is -2.47. The zero-order valence-corrected chi connectivity index (χ0v) is 26.1. The number of carboxylic acids is 1. The quantitative estimate of drug-likeness (QED) is 0.243. The summed E-state index contributed by atoms with van der Waals surface area (Å²) in [5.41, 5.74) is -1.45. The lowest BCUT2D eigenvalue weighted by molar-refractivity contribution is -0.142. The van der Waals surface area contributed by atoms with Crippen LogP contribution in [0.5, 0.6) is 0 Å². The van der Waals surface area contributed by atoms with Crippen molar-refractivity contribution in [2.75, 3.05) is 6.54 Å². The number of carbonyl (C=O) groups excluding carboxylic acids is 2. The molecule has 1 fully saturated rings. The van der Waals surface area contributed by atoms with E-state index in [0.717, 1.165) is 32.1 Å². The van der Waals surface area contributed by atoms with Crippen molar-refractivity contribution < 1.29 is 24.2 Å².